The average Bonchev–Trinajstić information content (AvgIpc) is 2.91. The third-order valence-corrected chi connectivity index (χ3v) is 5.09. The summed E-state index contributed by atoms with van der Waals surface area (Å²) in [7, 11) is 0. The molecule has 0 spiro atoms. The van der Waals surface area contributed by atoms with Gasteiger partial charge in [0.15, 0.2) is 5.17 Å². The Kier molecular flexibility index (Phi) is 5.57. The Morgan fingerprint density at radius 2 is 2.00 bits per heavy atom. The Hall–Kier alpha value is -2.40. The van der Waals surface area contributed by atoms with E-state index in [-0.39, 0.29) is 16.8 Å². The van der Waals surface area contributed by atoms with Crippen molar-refractivity contribution < 1.29 is 14.5 Å². The van der Waals surface area contributed by atoms with E-state index >= 15 is 0 Å². The molecule has 0 saturated heterocycles. The van der Waals surface area contributed by atoms with Crippen molar-refractivity contribution in [3.8, 4) is 5.75 Å². The van der Waals surface area contributed by atoms with Gasteiger partial charge < -0.3 is 10.5 Å². The number of nitrogens with two attached hydrogens (primary N) is 1. The van der Waals surface area contributed by atoms with Crippen molar-refractivity contribution in [2.24, 2.45) is 10.7 Å². The van der Waals surface area contributed by atoms with Crippen LogP contribution in [-0.4, -0.2) is 16.0 Å². The van der Waals surface area contributed by atoms with E-state index in [4.69, 9.17) is 10.5 Å². The quantitative estimate of drug-likeness (QED) is 0.302. The van der Waals surface area contributed by atoms with E-state index in [1.807, 2.05) is 18.2 Å². The highest BCUT2D eigenvalue weighted by molar-refractivity contribution is 14.1. The Morgan fingerprint density at radius 1 is 1.27 bits per heavy atom. The number of halogens is 1. The average molecular weight is 481 g/mol. The zero-order valence-electron chi connectivity index (χ0n) is 13.2. The molecule has 1 aliphatic heterocycles. The summed E-state index contributed by atoms with van der Waals surface area (Å²) in [4.78, 5) is 26.0. The van der Waals surface area contributed by atoms with Crippen molar-refractivity contribution in [3.05, 3.63) is 72.2 Å². The summed E-state index contributed by atoms with van der Waals surface area (Å²) < 4.78 is 6.65. The van der Waals surface area contributed by atoms with Crippen LogP contribution >= 0.6 is 34.4 Å². The number of carbonyl (C=O) groups is 1. The third kappa shape index (κ3) is 4.41. The maximum atomic E-state index is 11.6. The number of aliphatic imine (C=N–C) groups is 1. The minimum atomic E-state index is -0.438. The van der Waals surface area contributed by atoms with E-state index in [0.29, 0.717) is 17.3 Å². The van der Waals surface area contributed by atoms with Crippen LogP contribution in [0.1, 0.15) is 11.1 Å². The second-order valence-corrected chi connectivity index (χ2v) is 7.49. The molecule has 3 rings (SSSR count). The van der Waals surface area contributed by atoms with E-state index in [0.717, 1.165) is 26.5 Å². The maximum absolute atomic E-state index is 11.6. The second kappa shape index (κ2) is 7.87. The molecule has 1 heterocycles. The van der Waals surface area contributed by atoms with Gasteiger partial charge in [0.1, 0.15) is 12.4 Å². The van der Waals surface area contributed by atoms with Gasteiger partial charge in [0.25, 0.3) is 11.6 Å². The fraction of sp³-hybridized carbons (Fsp3) is 0.0588. The van der Waals surface area contributed by atoms with Crippen molar-refractivity contribution in [1.82, 2.24) is 0 Å². The molecule has 0 aliphatic carbocycles. The molecule has 0 aromatic heterocycles. The van der Waals surface area contributed by atoms with Gasteiger partial charge in [-0.1, -0.05) is 6.07 Å². The van der Waals surface area contributed by atoms with E-state index < -0.39 is 4.92 Å². The SMILES string of the molecule is NC1=NC(=O)C(=Cc2ccc(OCc3ccc([N+](=O)[O-])cc3)c(I)c2)S1. The first-order valence-corrected chi connectivity index (χ1v) is 9.25. The highest BCUT2D eigenvalue weighted by atomic mass is 127. The van der Waals surface area contributed by atoms with E-state index in [2.05, 4.69) is 27.6 Å². The topological polar surface area (TPSA) is 108 Å². The van der Waals surface area contributed by atoms with Gasteiger partial charge in [-0.25, -0.2) is 0 Å². The first-order chi connectivity index (χ1) is 12.4. The number of non-ortho nitro benzene ring substituents is 1. The fourth-order valence-electron chi connectivity index (χ4n) is 2.18. The Balaban J connectivity index is 1.67. The summed E-state index contributed by atoms with van der Waals surface area (Å²) in [5, 5.41) is 10.9. The van der Waals surface area contributed by atoms with E-state index in [1.165, 1.54) is 12.1 Å². The van der Waals surface area contributed by atoms with Gasteiger partial charge in [-0.15, -0.1) is 0 Å². The van der Waals surface area contributed by atoms with Gasteiger partial charge in [0.2, 0.25) is 0 Å². The number of amidine groups is 1. The van der Waals surface area contributed by atoms with Crippen molar-refractivity contribution in [3.63, 3.8) is 0 Å². The number of nitro benzene ring substituents is 1. The number of hydrogen-bond acceptors (Lipinski definition) is 6. The highest BCUT2D eigenvalue weighted by Gasteiger charge is 2.19. The molecule has 0 fully saturated rings. The molecule has 1 amide bonds. The van der Waals surface area contributed by atoms with Crippen LogP contribution < -0.4 is 10.5 Å². The summed E-state index contributed by atoms with van der Waals surface area (Å²) in [5.74, 6) is 0.355. The molecule has 0 unspecified atom stereocenters. The van der Waals surface area contributed by atoms with Crippen LogP contribution in [0.2, 0.25) is 0 Å². The smallest absolute Gasteiger partial charge is 0.286 e. The summed E-state index contributed by atoms with van der Waals surface area (Å²) in [6, 6.07) is 11.8. The number of carbonyl (C=O) groups excluding carboxylic acids is 1. The van der Waals surface area contributed by atoms with Crippen molar-refractivity contribution in [1.29, 1.82) is 0 Å². The predicted octanol–water partition coefficient (Wildman–Crippen LogP) is 3.71. The summed E-state index contributed by atoms with van der Waals surface area (Å²) in [5.41, 5.74) is 7.26. The van der Waals surface area contributed by atoms with Crippen molar-refractivity contribution in [2.75, 3.05) is 0 Å². The van der Waals surface area contributed by atoms with Crippen LogP contribution in [0.15, 0.2) is 52.4 Å². The molecular weight excluding hydrogens is 469 g/mol. The van der Waals surface area contributed by atoms with Crippen LogP contribution in [-0.2, 0) is 11.4 Å². The minimum absolute atomic E-state index is 0.0460. The van der Waals surface area contributed by atoms with Crippen molar-refractivity contribution in [2.45, 2.75) is 6.61 Å². The molecule has 2 aromatic rings. The molecule has 7 nitrogen and oxygen atoms in total. The number of amides is 1. The number of benzene rings is 2. The first-order valence-electron chi connectivity index (χ1n) is 7.36. The number of ether oxygens (including phenoxy) is 1. The zero-order valence-corrected chi connectivity index (χ0v) is 16.2. The Labute approximate surface area is 166 Å². The standard InChI is InChI=1S/C17H12IN3O4S/c18-13-7-11(8-15-16(22)20-17(19)26-15)3-6-14(13)25-9-10-1-4-12(5-2-10)21(23)24/h1-8H,9H2,(H2,19,20,22). The number of nitrogens with zero attached hydrogens (tertiary/aromatic N) is 2. The lowest BCUT2D eigenvalue weighted by Gasteiger charge is -2.09. The summed E-state index contributed by atoms with van der Waals surface area (Å²) >= 11 is 3.30. The monoisotopic (exact) mass is 481 g/mol. The zero-order chi connectivity index (χ0) is 18.7. The molecule has 9 heteroatoms. The molecule has 0 atom stereocenters. The van der Waals surface area contributed by atoms with Crippen LogP contribution in [0.4, 0.5) is 5.69 Å². The number of rotatable bonds is 5. The molecule has 0 bridgehead atoms. The highest BCUT2D eigenvalue weighted by Crippen LogP contribution is 2.29. The lowest BCUT2D eigenvalue weighted by Crippen LogP contribution is -2.01. The maximum Gasteiger partial charge on any atom is 0.286 e. The van der Waals surface area contributed by atoms with E-state index in [9.17, 15) is 14.9 Å². The lowest BCUT2D eigenvalue weighted by atomic mass is 10.2. The van der Waals surface area contributed by atoms with Gasteiger partial charge >= 0.3 is 0 Å². The van der Waals surface area contributed by atoms with Gasteiger partial charge in [-0.2, -0.15) is 4.99 Å². The first kappa shape index (κ1) is 18.4. The third-order valence-electron chi connectivity index (χ3n) is 3.43. The van der Waals surface area contributed by atoms with Crippen LogP contribution in [0.5, 0.6) is 5.75 Å². The normalized spacial score (nSPS) is 15.2. The number of thioether (sulfide) groups is 1. The van der Waals surface area contributed by atoms with Crippen LogP contribution in [0.3, 0.4) is 0 Å². The molecule has 2 aromatic carbocycles. The molecule has 0 radical (unpaired) electrons. The van der Waals surface area contributed by atoms with Gasteiger partial charge in [-0.05, 0) is 75.8 Å². The summed E-state index contributed by atoms with van der Waals surface area (Å²) in [6.45, 7) is 0.299. The summed E-state index contributed by atoms with van der Waals surface area (Å²) in [6.07, 6.45) is 1.73. The Bertz CT molecular complexity index is 942. The largest absolute Gasteiger partial charge is 0.488 e. The van der Waals surface area contributed by atoms with Crippen LogP contribution in [0, 0.1) is 13.7 Å². The van der Waals surface area contributed by atoms with Crippen molar-refractivity contribution >= 4 is 57.2 Å². The van der Waals surface area contributed by atoms with Gasteiger partial charge in [0, 0.05) is 12.1 Å². The second-order valence-electron chi connectivity index (χ2n) is 5.27. The Morgan fingerprint density at radius 3 is 2.58 bits per heavy atom. The molecule has 1 aliphatic rings. The van der Waals surface area contributed by atoms with Crippen LogP contribution in [0.25, 0.3) is 6.08 Å². The molecular formula is C17H12IN3O4S. The van der Waals surface area contributed by atoms with Gasteiger partial charge in [0.05, 0.1) is 13.4 Å². The number of nitro groups is 1. The van der Waals surface area contributed by atoms with E-state index in [1.54, 1.807) is 18.2 Å². The lowest BCUT2D eigenvalue weighted by molar-refractivity contribution is -0.384. The molecule has 132 valence electrons. The molecule has 26 heavy (non-hydrogen) atoms. The molecule has 0 saturated carbocycles. The predicted molar refractivity (Wildman–Crippen MR) is 109 cm³/mol. The molecule has 2 N–H and O–H groups in total. The fourth-order valence-corrected chi connectivity index (χ4v) is 3.55. The van der Waals surface area contributed by atoms with Gasteiger partial charge in [-0.3, -0.25) is 14.9 Å². The number of hydrogen-bond donors (Lipinski definition) is 1. The minimum Gasteiger partial charge on any atom is -0.488 e.